The van der Waals surface area contributed by atoms with Crippen molar-refractivity contribution in [3.63, 3.8) is 0 Å². The molecule has 0 aliphatic heterocycles. The van der Waals surface area contributed by atoms with Gasteiger partial charge in [-0.1, -0.05) is 66.7 Å². The summed E-state index contributed by atoms with van der Waals surface area (Å²) in [5, 5.41) is 23.6. The predicted molar refractivity (Wildman–Crippen MR) is 156 cm³/mol. The average Bonchev–Trinajstić information content (AvgIpc) is 3.19. The number of carbonyl (C=O) groups excluding carboxylic acids is 2. The Hall–Kier alpha value is -1.92. The molecule has 0 aromatic heterocycles. The summed E-state index contributed by atoms with van der Waals surface area (Å²) in [6, 6.07) is 0. The van der Waals surface area contributed by atoms with Gasteiger partial charge in [0.1, 0.15) is 18.3 Å². The number of aliphatic hydroxyl groups is 2. The molecule has 0 spiro atoms. The van der Waals surface area contributed by atoms with Crippen molar-refractivity contribution in [2.24, 2.45) is 39.9 Å². The van der Waals surface area contributed by atoms with E-state index in [0.717, 1.165) is 37.7 Å². The molecular formula is C34H52O6. The lowest BCUT2D eigenvalue weighted by molar-refractivity contribution is -0.196. The lowest BCUT2D eigenvalue weighted by Crippen LogP contribution is -2.63. The van der Waals surface area contributed by atoms with Crippen molar-refractivity contribution in [3.05, 3.63) is 34.9 Å². The second-order valence-corrected chi connectivity index (χ2v) is 14.6. The molecule has 4 rings (SSSR count). The minimum absolute atomic E-state index is 0.0715. The van der Waals surface area contributed by atoms with Crippen LogP contribution in [-0.2, 0) is 19.1 Å². The first-order chi connectivity index (χ1) is 18.5. The van der Waals surface area contributed by atoms with E-state index in [1.54, 1.807) is 0 Å². The van der Waals surface area contributed by atoms with E-state index in [0.29, 0.717) is 18.3 Å². The molecule has 4 aliphatic rings. The van der Waals surface area contributed by atoms with Crippen molar-refractivity contribution in [2.45, 2.75) is 125 Å². The second-order valence-electron chi connectivity index (χ2n) is 14.6. The number of hydrogen-bond donors (Lipinski definition) is 2. The zero-order valence-corrected chi connectivity index (χ0v) is 26.2. The summed E-state index contributed by atoms with van der Waals surface area (Å²) < 4.78 is 11.8. The van der Waals surface area contributed by atoms with Crippen molar-refractivity contribution in [3.8, 4) is 0 Å². The summed E-state index contributed by atoms with van der Waals surface area (Å²) >= 11 is 0. The average molecular weight is 557 g/mol. The molecule has 0 heterocycles. The molecule has 2 N–H and O–H groups in total. The molecule has 6 nitrogen and oxygen atoms in total. The number of fused-ring (bicyclic) bond motifs is 4. The molecule has 0 bridgehead atoms. The number of hydrogen-bond acceptors (Lipinski definition) is 6. The Kier molecular flexibility index (Phi) is 8.32. The molecule has 0 aromatic carbocycles. The second kappa shape index (κ2) is 10.7. The predicted octanol–water partition coefficient (Wildman–Crippen LogP) is 6.31. The summed E-state index contributed by atoms with van der Waals surface area (Å²) in [6.45, 7) is 22.2. The van der Waals surface area contributed by atoms with Gasteiger partial charge in [-0.3, -0.25) is 9.59 Å². The molecule has 0 amide bonds. The van der Waals surface area contributed by atoms with Crippen molar-refractivity contribution < 1.29 is 29.3 Å². The van der Waals surface area contributed by atoms with Gasteiger partial charge in [-0.15, -0.1) is 0 Å². The van der Waals surface area contributed by atoms with Crippen LogP contribution in [0.2, 0.25) is 0 Å². The molecule has 4 aliphatic carbocycles. The first kappa shape index (κ1) is 31.0. The number of ether oxygens (including phenoxy) is 2. The molecule has 224 valence electrons. The van der Waals surface area contributed by atoms with E-state index in [1.807, 2.05) is 0 Å². The number of rotatable bonds is 7. The summed E-state index contributed by atoms with van der Waals surface area (Å²) in [5.41, 5.74) is 3.02. The maximum Gasteiger partial charge on any atom is 0.303 e. The van der Waals surface area contributed by atoms with Crippen molar-refractivity contribution in [1.82, 2.24) is 0 Å². The lowest BCUT2D eigenvalue weighted by Gasteiger charge is -2.62. The minimum atomic E-state index is -0.972. The van der Waals surface area contributed by atoms with E-state index < -0.39 is 52.6 Å². The Morgan fingerprint density at radius 2 is 1.65 bits per heavy atom. The maximum atomic E-state index is 12.5. The molecule has 0 aromatic rings. The standard InChI is InChI=1S/C34H52O6/c1-18(2)19(3)11-12-20(4)24-14-15-25-23-13-16-27-32(7,8)30(39-21(5)35)26(37)17-33(27,9)28(23)29(38)31(34(24,25)10)40-22(6)36/h15,18,20,24,26-27,29-31,37-38H,3,11-14,16-17H2,1-2,4-10H3/t20-,24-,26-,27+,29-,30+,31+,33+,34-/m0/s1. The van der Waals surface area contributed by atoms with Crippen LogP contribution < -0.4 is 0 Å². The van der Waals surface area contributed by atoms with Gasteiger partial charge in [0.05, 0.1) is 6.10 Å². The van der Waals surface area contributed by atoms with Gasteiger partial charge < -0.3 is 19.7 Å². The highest BCUT2D eigenvalue weighted by Crippen LogP contribution is 2.67. The molecule has 1 saturated carbocycles. The fourth-order valence-corrected chi connectivity index (χ4v) is 9.45. The van der Waals surface area contributed by atoms with Crippen LogP contribution in [0.5, 0.6) is 0 Å². The zero-order chi connectivity index (χ0) is 29.9. The van der Waals surface area contributed by atoms with E-state index in [4.69, 9.17) is 9.47 Å². The van der Waals surface area contributed by atoms with Gasteiger partial charge in [0, 0.05) is 24.7 Å². The van der Waals surface area contributed by atoms with Crippen LogP contribution in [0.1, 0.15) is 101 Å². The fourth-order valence-electron chi connectivity index (χ4n) is 9.45. The molecule has 1 fully saturated rings. The van der Waals surface area contributed by atoms with Crippen LogP contribution in [0.25, 0.3) is 0 Å². The van der Waals surface area contributed by atoms with Crippen LogP contribution in [0.15, 0.2) is 34.9 Å². The highest BCUT2D eigenvalue weighted by Gasteiger charge is 2.65. The number of carbonyl (C=O) groups is 2. The Bertz CT molecular complexity index is 1110. The summed E-state index contributed by atoms with van der Waals surface area (Å²) in [7, 11) is 0. The first-order valence-electron chi connectivity index (χ1n) is 15.3. The van der Waals surface area contributed by atoms with Gasteiger partial charge in [0.2, 0.25) is 0 Å². The largest absolute Gasteiger partial charge is 0.459 e. The molecular weight excluding hydrogens is 504 g/mol. The van der Waals surface area contributed by atoms with E-state index in [1.165, 1.54) is 30.6 Å². The number of esters is 2. The normalized spacial score (nSPS) is 39.0. The Morgan fingerprint density at radius 1 is 1.05 bits per heavy atom. The Balaban J connectivity index is 1.77. The minimum Gasteiger partial charge on any atom is -0.459 e. The van der Waals surface area contributed by atoms with Crippen molar-refractivity contribution in [2.75, 3.05) is 0 Å². The Labute approximate surface area is 241 Å². The zero-order valence-electron chi connectivity index (χ0n) is 26.2. The van der Waals surface area contributed by atoms with Gasteiger partial charge in [-0.05, 0) is 84.3 Å². The highest BCUT2D eigenvalue weighted by atomic mass is 16.6. The van der Waals surface area contributed by atoms with E-state index >= 15 is 0 Å². The van der Waals surface area contributed by atoms with Crippen LogP contribution >= 0.6 is 0 Å². The molecule has 0 saturated heterocycles. The van der Waals surface area contributed by atoms with Gasteiger partial charge >= 0.3 is 11.9 Å². The molecule has 40 heavy (non-hydrogen) atoms. The lowest BCUT2D eigenvalue weighted by atomic mass is 9.45. The van der Waals surface area contributed by atoms with Gasteiger partial charge in [-0.25, -0.2) is 0 Å². The smallest absolute Gasteiger partial charge is 0.303 e. The van der Waals surface area contributed by atoms with Crippen molar-refractivity contribution >= 4 is 11.9 Å². The molecule has 9 atom stereocenters. The van der Waals surface area contributed by atoms with Crippen LogP contribution in [0.3, 0.4) is 0 Å². The summed E-state index contributed by atoms with van der Waals surface area (Å²) in [4.78, 5) is 24.4. The summed E-state index contributed by atoms with van der Waals surface area (Å²) in [6.07, 6.45) is 4.09. The van der Waals surface area contributed by atoms with Crippen LogP contribution in [0, 0.1) is 39.9 Å². The number of aliphatic hydroxyl groups excluding tert-OH is 2. The number of allylic oxidation sites excluding steroid dienone is 3. The van der Waals surface area contributed by atoms with E-state index in [9.17, 15) is 19.8 Å². The molecule has 0 radical (unpaired) electrons. The van der Waals surface area contributed by atoms with Gasteiger partial charge in [-0.2, -0.15) is 0 Å². The van der Waals surface area contributed by atoms with E-state index in [-0.39, 0.29) is 11.8 Å². The van der Waals surface area contributed by atoms with Crippen LogP contribution in [-0.4, -0.2) is 46.6 Å². The maximum absolute atomic E-state index is 12.5. The SMILES string of the molecule is C=C(CC[C@H](C)[C@@H]1CC=C2C3=C([C@H](O)[C@@H](OC(C)=O)[C@]21C)[C@]1(C)C[C@H](O)[C@@H](OC(C)=O)C(C)(C)[C@H]1CC3)C(C)C. The third kappa shape index (κ3) is 4.81. The third-order valence-electron chi connectivity index (χ3n) is 11.4. The molecule has 0 unspecified atom stereocenters. The monoisotopic (exact) mass is 556 g/mol. The molecule has 6 heteroatoms. The fraction of sp³-hybridized carbons (Fsp3) is 0.765. The van der Waals surface area contributed by atoms with Gasteiger partial charge in [0.15, 0.2) is 0 Å². The third-order valence-corrected chi connectivity index (χ3v) is 11.4. The van der Waals surface area contributed by atoms with Crippen molar-refractivity contribution in [1.29, 1.82) is 0 Å². The van der Waals surface area contributed by atoms with Crippen LogP contribution in [0.4, 0.5) is 0 Å². The Morgan fingerprint density at radius 3 is 2.23 bits per heavy atom. The van der Waals surface area contributed by atoms with Gasteiger partial charge in [0.25, 0.3) is 0 Å². The highest BCUT2D eigenvalue weighted by molar-refractivity contribution is 5.67. The summed E-state index contributed by atoms with van der Waals surface area (Å²) in [5.74, 6) is 0.313. The topological polar surface area (TPSA) is 93.1 Å². The first-order valence-corrected chi connectivity index (χ1v) is 15.3. The van der Waals surface area contributed by atoms with E-state index in [2.05, 4.69) is 61.1 Å². The quantitative estimate of drug-likeness (QED) is 0.282.